The van der Waals surface area contributed by atoms with Crippen LogP contribution in [0.4, 0.5) is 0 Å². The molecule has 4 aromatic rings. The summed E-state index contributed by atoms with van der Waals surface area (Å²) in [6.07, 6.45) is 3.63. The molecule has 2 aromatic heterocycles. The number of aromatic amines is 1. The second-order valence-corrected chi connectivity index (χ2v) is 10.6. The number of carbonyl (C=O) groups excluding carboxylic acids is 3. The third-order valence-electron chi connectivity index (χ3n) is 7.26. The molecule has 206 valence electrons. The zero-order chi connectivity index (χ0) is 28.2. The van der Waals surface area contributed by atoms with Gasteiger partial charge in [-0.15, -0.1) is 10.2 Å². The number of hydrogen-bond donors (Lipinski definition) is 2. The molecule has 0 radical (unpaired) electrons. The van der Waals surface area contributed by atoms with E-state index in [4.69, 9.17) is 4.42 Å². The number of H-pyrrole nitrogens is 1. The Hall–Kier alpha value is -4.53. The summed E-state index contributed by atoms with van der Waals surface area (Å²) in [5.41, 5.74) is 4.72. The van der Waals surface area contributed by atoms with Crippen LogP contribution < -0.4 is 5.32 Å². The van der Waals surface area contributed by atoms with Crippen molar-refractivity contribution in [2.75, 3.05) is 6.54 Å². The number of rotatable bonds is 10. The second kappa shape index (κ2) is 11.7. The SMILES string of the molecule is Cc1cccc(Cc2nnc(C(=O)[C@@H](NC(=O)CN(C(=O)c3ccc[nH]3)C3CCc4ccccc43)C(C)C)o2)c1. The third kappa shape index (κ3) is 5.88. The highest BCUT2D eigenvalue weighted by Crippen LogP contribution is 2.36. The van der Waals surface area contributed by atoms with Crippen molar-refractivity contribution in [3.8, 4) is 0 Å². The zero-order valence-electron chi connectivity index (χ0n) is 22.9. The molecule has 2 amide bonds. The Kier molecular flexibility index (Phi) is 7.91. The fourth-order valence-corrected chi connectivity index (χ4v) is 5.26. The monoisotopic (exact) mass is 539 g/mol. The van der Waals surface area contributed by atoms with E-state index in [1.54, 1.807) is 23.2 Å². The lowest BCUT2D eigenvalue weighted by Gasteiger charge is -2.30. The van der Waals surface area contributed by atoms with Gasteiger partial charge in [0.2, 0.25) is 17.6 Å². The van der Waals surface area contributed by atoms with Crippen molar-refractivity contribution in [3.63, 3.8) is 0 Å². The van der Waals surface area contributed by atoms with Crippen LogP contribution >= 0.6 is 0 Å². The van der Waals surface area contributed by atoms with Crippen LogP contribution in [0.2, 0.25) is 0 Å². The number of nitrogens with one attached hydrogen (secondary N) is 2. The van der Waals surface area contributed by atoms with Crippen molar-refractivity contribution in [3.05, 3.63) is 107 Å². The predicted octanol–water partition coefficient (Wildman–Crippen LogP) is 4.45. The lowest BCUT2D eigenvalue weighted by Crippen LogP contribution is -2.49. The van der Waals surface area contributed by atoms with E-state index in [1.165, 1.54) is 5.56 Å². The van der Waals surface area contributed by atoms with Gasteiger partial charge in [-0.3, -0.25) is 14.4 Å². The Labute approximate surface area is 233 Å². The van der Waals surface area contributed by atoms with Crippen LogP contribution in [-0.4, -0.2) is 50.3 Å². The summed E-state index contributed by atoms with van der Waals surface area (Å²) in [4.78, 5) is 44.8. The summed E-state index contributed by atoms with van der Waals surface area (Å²) in [7, 11) is 0. The molecule has 1 aliphatic carbocycles. The smallest absolute Gasteiger partial charge is 0.286 e. The lowest BCUT2D eigenvalue weighted by molar-refractivity contribution is -0.123. The van der Waals surface area contributed by atoms with Crippen LogP contribution in [0.15, 0.2) is 71.3 Å². The topological polar surface area (TPSA) is 121 Å². The highest BCUT2D eigenvalue weighted by molar-refractivity contribution is 6.00. The molecule has 0 aliphatic heterocycles. The molecule has 9 nitrogen and oxygen atoms in total. The van der Waals surface area contributed by atoms with Crippen molar-refractivity contribution >= 4 is 17.6 Å². The Morgan fingerprint density at radius 2 is 1.90 bits per heavy atom. The fraction of sp³-hybridized carbons (Fsp3) is 0.323. The molecule has 2 atom stereocenters. The normalized spacial score (nSPS) is 15.1. The first-order valence-electron chi connectivity index (χ1n) is 13.5. The van der Waals surface area contributed by atoms with Crippen molar-refractivity contribution in [2.45, 2.75) is 52.1 Å². The second-order valence-electron chi connectivity index (χ2n) is 10.6. The Morgan fingerprint density at radius 3 is 2.65 bits per heavy atom. The van der Waals surface area contributed by atoms with Gasteiger partial charge in [-0.05, 0) is 54.5 Å². The molecule has 0 fully saturated rings. The molecule has 2 aromatic carbocycles. The van der Waals surface area contributed by atoms with Gasteiger partial charge in [0.05, 0.1) is 18.5 Å². The van der Waals surface area contributed by atoms with E-state index in [0.29, 0.717) is 18.0 Å². The minimum atomic E-state index is -0.891. The van der Waals surface area contributed by atoms with Crippen LogP contribution in [0.3, 0.4) is 0 Å². The summed E-state index contributed by atoms with van der Waals surface area (Å²) in [6, 6.07) is 18.2. The lowest BCUT2D eigenvalue weighted by atomic mass is 9.99. The molecule has 1 unspecified atom stereocenters. The van der Waals surface area contributed by atoms with Crippen LogP contribution in [0.25, 0.3) is 0 Å². The number of amides is 2. The molecular weight excluding hydrogens is 506 g/mol. The molecule has 0 saturated heterocycles. The van der Waals surface area contributed by atoms with E-state index in [1.807, 2.05) is 63.2 Å². The number of nitrogens with zero attached hydrogens (tertiary/aromatic N) is 3. The minimum absolute atomic E-state index is 0.148. The van der Waals surface area contributed by atoms with Crippen LogP contribution in [0.5, 0.6) is 0 Å². The van der Waals surface area contributed by atoms with Gasteiger partial charge in [-0.1, -0.05) is 67.9 Å². The van der Waals surface area contributed by atoms with Gasteiger partial charge in [-0.25, -0.2) is 0 Å². The number of ketones is 1. The molecule has 5 rings (SSSR count). The highest BCUT2D eigenvalue weighted by atomic mass is 16.4. The number of fused-ring (bicyclic) bond motifs is 1. The highest BCUT2D eigenvalue weighted by Gasteiger charge is 2.35. The predicted molar refractivity (Wildman–Crippen MR) is 149 cm³/mol. The number of aryl methyl sites for hydroxylation is 2. The van der Waals surface area contributed by atoms with E-state index in [9.17, 15) is 14.4 Å². The quantitative estimate of drug-likeness (QED) is 0.287. The largest absolute Gasteiger partial charge is 0.418 e. The number of carbonyl (C=O) groups is 3. The molecule has 0 spiro atoms. The van der Waals surface area contributed by atoms with Crippen LogP contribution in [0.1, 0.15) is 75.6 Å². The molecular formula is C31H33N5O4. The third-order valence-corrected chi connectivity index (χ3v) is 7.26. The average molecular weight is 540 g/mol. The van der Waals surface area contributed by atoms with E-state index < -0.39 is 17.7 Å². The van der Waals surface area contributed by atoms with E-state index in [-0.39, 0.29) is 30.3 Å². The van der Waals surface area contributed by atoms with Gasteiger partial charge in [0, 0.05) is 6.20 Å². The summed E-state index contributed by atoms with van der Waals surface area (Å²) in [5, 5.41) is 10.9. The molecule has 1 aliphatic rings. The standard InChI is InChI=1S/C31H33N5O4/c1-19(2)28(29(38)30-35-34-27(40-30)17-21-9-6-8-20(3)16-21)33-26(37)18-36(31(39)24-12-7-15-32-24)25-14-13-22-10-4-5-11-23(22)25/h4-12,15-16,19,25,28,32H,13-14,17-18H2,1-3H3,(H,33,37)/t25?,28-/m0/s1. The number of Topliss-reactive ketones (excluding diaryl/α,β-unsaturated/α-hetero) is 1. The molecule has 40 heavy (non-hydrogen) atoms. The first-order valence-corrected chi connectivity index (χ1v) is 13.5. The summed E-state index contributed by atoms with van der Waals surface area (Å²) >= 11 is 0. The van der Waals surface area contributed by atoms with Crippen LogP contribution in [-0.2, 0) is 17.6 Å². The van der Waals surface area contributed by atoms with Crippen molar-refractivity contribution < 1.29 is 18.8 Å². The van der Waals surface area contributed by atoms with Crippen molar-refractivity contribution in [2.24, 2.45) is 5.92 Å². The fourth-order valence-electron chi connectivity index (χ4n) is 5.26. The van der Waals surface area contributed by atoms with Crippen molar-refractivity contribution in [1.82, 2.24) is 25.4 Å². The molecule has 0 saturated carbocycles. The van der Waals surface area contributed by atoms with E-state index in [2.05, 4.69) is 26.6 Å². The molecule has 9 heteroatoms. The van der Waals surface area contributed by atoms with Crippen molar-refractivity contribution in [1.29, 1.82) is 0 Å². The number of hydrogen-bond acceptors (Lipinski definition) is 6. The maximum Gasteiger partial charge on any atom is 0.286 e. The number of benzene rings is 2. The Bertz CT molecular complexity index is 1510. The first-order chi connectivity index (χ1) is 19.3. The zero-order valence-corrected chi connectivity index (χ0v) is 22.9. The van der Waals surface area contributed by atoms with Gasteiger partial charge in [0.15, 0.2) is 0 Å². The number of aromatic nitrogens is 3. The van der Waals surface area contributed by atoms with Crippen LogP contribution in [0, 0.1) is 12.8 Å². The Morgan fingerprint density at radius 1 is 1.07 bits per heavy atom. The summed E-state index contributed by atoms with van der Waals surface area (Å²) < 4.78 is 5.70. The summed E-state index contributed by atoms with van der Waals surface area (Å²) in [6.45, 7) is 5.47. The van der Waals surface area contributed by atoms with Gasteiger partial charge >= 0.3 is 0 Å². The summed E-state index contributed by atoms with van der Waals surface area (Å²) in [5.74, 6) is -1.23. The van der Waals surface area contributed by atoms with Gasteiger partial charge in [-0.2, -0.15) is 0 Å². The van der Waals surface area contributed by atoms with Gasteiger partial charge < -0.3 is 19.6 Å². The van der Waals surface area contributed by atoms with Gasteiger partial charge in [0.1, 0.15) is 12.2 Å². The molecule has 0 bridgehead atoms. The van der Waals surface area contributed by atoms with Gasteiger partial charge in [0.25, 0.3) is 11.8 Å². The first kappa shape index (κ1) is 27.1. The minimum Gasteiger partial charge on any atom is -0.418 e. The van der Waals surface area contributed by atoms with E-state index >= 15 is 0 Å². The average Bonchev–Trinajstić information content (AvgIpc) is 3.71. The van der Waals surface area contributed by atoms with E-state index in [0.717, 1.165) is 29.5 Å². The maximum absolute atomic E-state index is 13.5. The molecule has 2 heterocycles. The Balaban J connectivity index is 1.31. The molecule has 2 N–H and O–H groups in total. The maximum atomic E-state index is 13.5.